The monoisotopic (exact) mass is 351 g/mol. The van der Waals surface area contributed by atoms with Gasteiger partial charge in [-0.3, -0.25) is 9.78 Å². The predicted molar refractivity (Wildman–Crippen MR) is 93.8 cm³/mol. The van der Waals surface area contributed by atoms with E-state index in [2.05, 4.69) is 10.3 Å². The zero-order valence-corrected chi connectivity index (χ0v) is 13.6. The van der Waals surface area contributed by atoms with E-state index in [9.17, 15) is 9.18 Å². The number of nitriles is 1. The van der Waals surface area contributed by atoms with Crippen molar-refractivity contribution in [2.45, 2.75) is 0 Å². The SMILES string of the molecule is N#Cc1ccc(Cl)c(C(=O)Nc2ccc(-c3ccc(F)cc3)nc2)c1. The molecule has 0 fully saturated rings. The van der Waals surface area contributed by atoms with Gasteiger partial charge in [-0.15, -0.1) is 0 Å². The van der Waals surface area contributed by atoms with Crippen molar-refractivity contribution in [2.24, 2.45) is 0 Å². The van der Waals surface area contributed by atoms with E-state index < -0.39 is 5.91 Å². The number of hydrogen-bond donors (Lipinski definition) is 1. The molecule has 122 valence electrons. The van der Waals surface area contributed by atoms with E-state index in [1.54, 1.807) is 24.3 Å². The van der Waals surface area contributed by atoms with Crippen LogP contribution in [0.1, 0.15) is 15.9 Å². The second kappa shape index (κ2) is 7.12. The van der Waals surface area contributed by atoms with Crippen molar-refractivity contribution < 1.29 is 9.18 Å². The van der Waals surface area contributed by atoms with Gasteiger partial charge in [0.05, 0.1) is 39.8 Å². The molecule has 25 heavy (non-hydrogen) atoms. The number of rotatable bonds is 3. The Bertz CT molecular complexity index is 963. The van der Waals surface area contributed by atoms with E-state index in [0.717, 1.165) is 5.56 Å². The first-order chi connectivity index (χ1) is 12.1. The summed E-state index contributed by atoms with van der Waals surface area (Å²) in [6.07, 6.45) is 1.50. The molecule has 0 saturated carbocycles. The molecule has 0 atom stereocenters. The third-order valence-electron chi connectivity index (χ3n) is 3.50. The summed E-state index contributed by atoms with van der Waals surface area (Å²) in [5, 5.41) is 11.9. The van der Waals surface area contributed by atoms with Crippen molar-refractivity contribution in [3.05, 3.63) is 82.8 Å². The highest BCUT2D eigenvalue weighted by Gasteiger charge is 2.12. The molecule has 3 aromatic rings. The largest absolute Gasteiger partial charge is 0.321 e. The maximum atomic E-state index is 13.0. The fourth-order valence-electron chi connectivity index (χ4n) is 2.23. The zero-order valence-electron chi connectivity index (χ0n) is 12.8. The summed E-state index contributed by atoms with van der Waals surface area (Å²) in [6, 6.07) is 15.8. The second-order valence-corrected chi connectivity index (χ2v) is 5.61. The van der Waals surface area contributed by atoms with Crippen molar-refractivity contribution in [3.8, 4) is 17.3 Å². The highest BCUT2D eigenvalue weighted by atomic mass is 35.5. The molecule has 0 aliphatic carbocycles. The number of hydrogen-bond acceptors (Lipinski definition) is 3. The molecule has 1 amide bonds. The molecule has 6 heteroatoms. The van der Waals surface area contributed by atoms with Gasteiger partial charge in [0.1, 0.15) is 5.82 Å². The van der Waals surface area contributed by atoms with Crippen LogP contribution in [0.2, 0.25) is 5.02 Å². The molecule has 3 rings (SSSR count). The Morgan fingerprint density at radius 2 is 1.88 bits per heavy atom. The Balaban J connectivity index is 1.78. The number of pyridine rings is 1. The Morgan fingerprint density at radius 1 is 1.12 bits per heavy atom. The van der Waals surface area contributed by atoms with Crippen molar-refractivity contribution in [1.29, 1.82) is 5.26 Å². The normalized spacial score (nSPS) is 10.1. The van der Waals surface area contributed by atoms with Gasteiger partial charge in [-0.25, -0.2) is 4.39 Å². The number of benzene rings is 2. The first-order valence-corrected chi connectivity index (χ1v) is 7.67. The summed E-state index contributed by atoms with van der Waals surface area (Å²) in [6.45, 7) is 0. The van der Waals surface area contributed by atoms with Crippen LogP contribution in [0.15, 0.2) is 60.8 Å². The summed E-state index contributed by atoms with van der Waals surface area (Å²) < 4.78 is 13.0. The Kier molecular flexibility index (Phi) is 4.73. The molecule has 0 spiro atoms. The molecule has 0 unspecified atom stereocenters. The molecular weight excluding hydrogens is 341 g/mol. The molecule has 0 saturated heterocycles. The van der Waals surface area contributed by atoms with E-state index >= 15 is 0 Å². The molecule has 1 heterocycles. The average molecular weight is 352 g/mol. The van der Waals surface area contributed by atoms with Gasteiger partial charge in [-0.2, -0.15) is 5.26 Å². The van der Waals surface area contributed by atoms with E-state index in [-0.39, 0.29) is 16.4 Å². The van der Waals surface area contributed by atoms with Gasteiger partial charge in [-0.05, 0) is 54.6 Å². The van der Waals surface area contributed by atoms with Gasteiger partial charge in [0.15, 0.2) is 0 Å². The lowest BCUT2D eigenvalue weighted by atomic mass is 10.1. The number of carbonyl (C=O) groups is 1. The smallest absolute Gasteiger partial charge is 0.257 e. The molecule has 0 radical (unpaired) electrons. The van der Waals surface area contributed by atoms with Crippen molar-refractivity contribution in [2.75, 3.05) is 5.32 Å². The van der Waals surface area contributed by atoms with Crippen LogP contribution >= 0.6 is 11.6 Å². The van der Waals surface area contributed by atoms with Crippen LogP contribution in [0, 0.1) is 17.1 Å². The Labute approximate surface area is 148 Å². The van der Waals surface area contributed by atoms with Crippen LogP contribution in [-0.2, 0) is 0 Å². The van der Waals surface area contributed by atoms with Gasteiger partial charge in [-0.1, -0.05) is 11.6 Å². The van der Waals surface area contributed by atoms with Gasteiger partial charge in [0.2, 0.25) is 0 Å². The molecule has 4 nitrogen and oxygen atoms in total. The number of nitrogens with one attached hydrogen (secondary N) is 1. The molecule has 2 aromatic carbocycles. The minimum atomic E-state index is -0.432. The summed E-state index contributed by atoms with van der Waals surface area (Å²) >= 11 is 6.02. The predicted octanol–water partition coefficient (Wildman–Crippen LogP) is 4.67. The first kappa shape index (κ1) is 16.6. The summed E-state index contributed by atoms with van der Waals surface area (Å²) in [7, 11) is 0. The lowest BCUT2D eigenvalue weighted by Gasteiger charge is -2.08. The number of anilines is 1. The maximum absolute atomic E-state index is 13.0. The lowest BCUT2D eigenvalue weighted by Crippen LogP contribution is -2.13. The minimum Gasteiger partial charge on any atom is -0.321 e. The third-order valence-corrected chi connectivity index (χ3v) is 3.83. The standard InChI is InChI=1S/C19H11ClFN3O/c20-17-7-1-12(10-22)9-16(17)19(25)24-15-6-8-18(23-11-15)13-2-4-14(21)5-3-13/h1-9,11H,(H,24,25). The lowest BCUT2D eigenvalue weighted by molar-refractivity contribution is 0.102. The third kappa shape index (κ3) is 3.82. The quantitative estimate of drug-likeness (QED) is 0.746. The summed E-state index contributed by atoms with van der Waals surface area (Å²) in [5.41, 5.74) is 2.46. The van der Waals surface area contributed by atoms with Gasteiger partial charge in [0.25, 0.3) is 5.91 Å². The molecule has 0 bridgehead atoms. The zero-order chi connectivity index (χ0) is 17.8. The van der Waals surface area contributed by atoms with Crippen LogP contribution in [0.3, 0.4) is 0 Å². The Morgan fingerprint density at radius 3 is 2.52 bits per heavy atom. The fraction of sp³-hybridized carbons (Fsp3) is 0. The molecule has 1 N–H and O–H groups in total. The first-order valence-electron chi connectivity index (χ1n) is 7.30. The van der Waals surface area contributed by atoms with Gasteiger partial charge >= 0.3 is 0 Å². The van der Waals surface area contributed by atoms with Crippen LogP contribution in [0.4, 0.5) is 10.1 Å². The van der Waals surface area contributed by atoms with Crippen LogP contribution in [-0.4, -0.2) is 10.9 Å². The van der Waals surface area contributed by atoms with Gasteiger partial charge in [0, 0.05) is 5.56 Å². The van der Waals surface area contributed by atoms with Gasteiger partial charge < -0.3 is 5.32 Å². The number of aromatic nitrogens is 1. The number of halogens is 2. The van der Waals surface area contributed by atoms with E-state index in [0.29, 0.717) is 16.9 Å². The van der Waals surface area contributed by atoms with E-state index in [1.807, 2.05) is 6.07 Å². The number of carbonyl (C=O) groups excluding carboxylic acids is 1. The van der Waals surface area contributed by atoms with E-state index in [4.69, 9.17) is 16.9 Å². The van der Waals surface area contributed by atoms with Crippen LogP contribution in [0.25, 0.3) is 11.3 Å². The highest BCUT2D eigenvalue weighted by Crippen LogP contribution is 2.21. The van der Waals surface area contributed by atoms with Crippen LogP contribution < -0.4 is 5.32 Å². The van der Waals surface area contributed by atoms with Crippen LogP contribution in [0.5, 0.6) is 0 Å². The van der Waals surface area contributed by atoms with Crippen molar-refractivity contribution >= 4 is 23.2 Å². The number of nitrogens with zero attached hydrogens (tertiary/aromatic N) is 2. The molecule has 0 aliphatic heterocycles. The topological polar surface area (TPSA) is 65.8 Å². The van der Waals surface area contributed by atoms with Crippen molar-refractivity contribution in [1.82, 2.24) is 4.98 Å². The fourth-order valence-corrected chi connectivity index (χ4v) is 2.43. The number of amides is 1. The average Bonchev–Trinajstić information content (AvgIpc) is 2.63. The maximum Gasteiger partial charge on any atom is 0.257 e. The summed E-state index contributed by atoms with van der Waals surface area (Å²) in [5.74, 6) is -0.748. The Hall–Kier alpha value is -3.23. The second-order valence-electron chi connectivity index (χ2n) is 5.20. The van der Waals surface area contributed by atoms with Crippen molar-refractivity contribution in [3.63, 3.8) is 0 Å². The molecule has 0 aliphatic rings. The van der Waals surface area contributed by atoms with E-state index in [1.165, 1.54) is 36.5 Å². The summed E-state index contributed by atoms with van der Waals surface area (Å²) in [4.78, 5) is 16.6. The highest BCUT2D eigenvalue weighted by molar-refractivity contribution is 6.34. The molecule has 1 aromatic heterocycles. The molecular formula is C19H11ClFN3O. The minimum absolute atomic E-state index is 0.211.